The minimum atomic E-state index is -0.706. The Hall–Kier alpha value is -1.06. The zero-order chi connectivity index (χ0) is 10.4. The van der Waals surface area contributed by atoms with Crippen molar-refractivity contribution in [1.29, 1.82) is 5.26 Å². The molecule has 76 valence electrons. The summed E-state index contributed by atoms with van der Waals surface area (Å²) in [6.45, 7) is 1.74. The third-order valence-electron chi connectivity index (χ3n) is 1.73. The van der Waals surface area contributed by atoms with Crippen molar-refractivity contribution in [2.75, 3.05) is 5.75 Å². The summed E-state index contributed by atoms with van der Waals surface area (Å²) in [6.07, 6.45) is 3.07. The van der Waals surface area contributed by atoms with E-state index in [9.17, 15) is 0 Å². The van der Waals surface area contributed by atoms with Crippen LogP contribution in [0.1, 0.15) is 19.8 Å². The smallest absolute Gasteiger partial charge is 0.183 e. The second kappa shape index (κ2) is 4.98. The molecule has 1 unspecified atom stereocenters. The number of nitrogens with one attached hydrogen (secondary N) is 1. The molecule has 0 aliphatic heterocycles. The molecule has 1 atom stereocenters. The van der Waals surface area contributed by atoms with E-state index >= 15 is 0 Å². The highest BCUT2D eigenvalue weighted by molar-refractivity contribution is 7.99. The molecule has 0 aliphatic carbocycles. The molecular formula is C8H13N5S. The van der Waals surface area contributed by atoms with Crippen LogP contribution in [0.4, 0.5) is 0 Å². The predicted octanol–water partition coefficient (Wildman–Crippen LogP) is 0.918. The molecule has 1 heterocycles. The lowest BCUT2D eigenvalue weighted by molar-refractivity contribution is 0.540. The van der Waals surface area contributed by atoms with Gasteiger partial charge in [-0.25, -0.2) is 4.98 Å². The number of hydrogen-bond donors (Lipinski definition) is 2. The first kappa shape index (κ1) is 11.0. The molecule has 0 saturated carbocycles. The maximum absolute atomic E-state index is 8.67. The van der Waals surface area contributed by atoms with Crippen LogP contribution in [0.25, 0.3) is 0 Å². The number of aromatic amines is 1. The minimum absolute atomic E-state index is 0.699. The first-order chi connectivity index (χ1) is 6.64. The standard InChI is InChI=1S/C8H13N5S/c1-8(10,5-9)3-2-4-14-7-11-6-12-13-7/h6H,2-4,10H2,1H3,(H,11,12,13). The van der Waals surface area contributed by atoms with Crippen LogP contribution in [0.15, 0.2) is 11.5 Å². The lowest BCUT2D eigenvalue weighted by Gasteiger charge is -2.13. The van der Waals surface area contributed by atoms with Gasteiger partial charge in [0.05, 0.1) is 6.07 Å². The number of nitrogens with two attached hydrogens (primary N) is 1. The molecule has 6 heteroatoms. The topological polar surface area (TPSA) is 91.4 Å². The van der Waals surface area contributed by atoms with Crippen LogP contribution in [-0.4, -0.2) is 26.5 Å². The van der Waals surface area contributed by atoms with Crippen molar-refractivity contribution in [2.45, 2.75) is 30.5 Å². The first-order valence-electron chi connectivity index (χ1n) is 4.32. The Kier molecular flexibility index (Phi) is 3.92. The zero-order valence-corrected chi connectivity index (χ0v) is 8.84. The summed E-state index contributed by atoms with van der Waals surface area (Å²) in [6, 6.07) is 2.07. The van der Waals surface area contributed by atoms with E-state index < -0.39 is 5.54 Å². The van der Waals surface area contributed by atoms with Gasteiger partial charge in [-0.1, -0.05) is 11.8 Å². The first-order valence-corrected chi connectivity index (χ1v) is 5.31. The summed E-state index contributed by atoms with van der Waals surface area (Å²) in [5.74, 6) is 0.893. The fourth-order valence-electron chi connectivity index (χ4n) is 0.928. The fourth-order valence-corrected chi connectivity index (χ4v) is 1.65. The predicted molar refractivity (Wildman–Crippen MR) is 54.5 cm³/mol. The molecule has 5 nitrogen and oxygen atoms in total. The molecule has 1 aromatic heterocycles. The zero-order valence-electron chi connectivity index (χ0n) is 8.03. The lowest BCUT2D eigenvalue weighted by Crippen LogP contribution is -2.33. The number of nitriles is 1. The van der Waals surface area contributed by atoms with Crippen LogP contribution in [-0.2, 0) is 0 Å². The second-order valence-electron chi connectivity index (χ2n) is 3.27. The Morgan fingerprint density at radius 1 is 1.79 bits per heavy atom. The van der Waals surface area contributed by atoms with Gasteiger partial charge in [0.1, 0.15) is 11.9 Å². The number of nitrogens with zero attached hydrogens (tertiary/aromatic N) is 3. The van der Waals surface area contributed by atoms with Gasteiger partial charge in [-0.15, -0.1) is 0 Å². The van der Waals surface area contributed by atoms with Gasteiger partial charge >= 0.3 is 0 Å². The third-order valence-corrected chi connectivity index (χ3v) is 2.69. The Balaban J connectivity index is 2.15. The molecule has 14 heavy (non-hydrogen) atoms. The number of hydrogen-bond acceptors (Lipinski definition) is 5. The van der Waals surface area contributed by atoms with Crippen molar-refractivity contribution in [3.8, 4) is 6.07 Å². The summed E-state index contributed by atoms with van der Waals surface area (Å²) >= 11 is 1.58. The number of rotatable bonds is 5. The van der Waals surface area contributed by atoms with Gasteiger partial charge in [0.15, 0.2) is 5.16 Å². The molecule has 0 amide bonds. The van der Waals surface area contributed by atoms with Gasteiger partial charge in [0, 0.05) is 5.75 Å². The SMILES string of the molecule is CC(N)(C#N)CCCSc1ncn[nH]1. The van der Waals surface area contributed by atoms with E-state index in [0.29, 0.717) is 6.42 Å². The molecule has 3 N–H and O–H groups in total. The van der Waals surface area contributed by atoms with E-state index in [4.69, 9.17) is 11.0 Å². The van der Waals surface area contributed by atoms with Crippen LogP contribution >= 0.6 is 11.8 Å². The fraction of sp³-hybridized carbons (Fsp3) is 0.625. The summed E-state index contributed by atoms with van der Waals surface area (Å²) in [5, 5.41) is 16.0. The molecule has 0 radical (unpaired) electrons. The summed E-state index contributed by atoms with van der Waals surface area (Å²) in [5.41, 5.74) is 4.96. The molecular weight excluding hydrogens is 198 g/mol. The number of H-pyrrole nitrogens is 1. The molecule has 0 aromatic carbocycles. The van der Waals surface area contributed by atoms with Crippen LogP contribution in [0.3, 0.4) is 0 Å². The van der Waals surface area contributed by atoms with E-state index in [1.54, 1.807) is 18.7 Å². The van der Waals surface area contributed by atoms with Crippen molar-refractivity contribution in [1.82, 2.24) is 15.2 Å². The molecule has 1 aromatic rings. The highest BCUT2D eigenvalue weighted by atomic mass is 32.2. The molecule has 0 bridgehead atoms. The van der Waals surface area contributed by atoms with E-state index in [-0.39, 0.29) is 0 Å². The van der Waals surface area contributed by atoms with Crippen LogP contribution in [0.5, 0.6) is 0 Å². The minimum Gasteiger partial charge on any atom is -0.314 e. The van der Waals surface area contributed by atoms with E-state index in [0.717, 1.165) is 17.3 Å². The van der Waals surface area contributed by atoms with E-state index in [2.05, 4.69) is 21.3 Å². The monoisotopic (exact) mass is 211 g/mol. The van der Waals surface area contributed by atoms with Crippen molar-refractivity contribution in [3.05, 3.63) is 6.33 Å². The van der Waals surface area contributed by atoms with Crippen LogP contribution in [0.2, 0.25) is 0 Å². The highest BCUT2D eigenvalue weighted by Crippen LogP contribution is 2.15. The third kappa shape index (κ3) is 3.77. The van der Waals surface area contributed by atoms with Crippen LogP contribution < -0.4 is 5.73 Å². The molecule has 1 rings (SSSR count). The quantitative estimate of drug-likeness (QED) is 0.558. The Labute approximate surface area is 87.1 Å². The Morgan fingerprint density at radius 3 is 3.14 bits per heavy atom. The normalized spacial score (nSPS) is 14.6. The maximum atomic E-state index is 8.67. The van der Waals surface area contributed by atoms with Gasteiger partial charge < -0.3 is 5.73 Å². The number of aromatic nitrogens is 3. The second-order valence-corrected chi connectivity index (χ2v) is 4.36. The average Bonchev–Trinajstić information content (AvgIpc) is 2.65. The molecule has 0 fully saturated rings. The van der Waals surface area contributed by atoms with Crippen molar-refractivity contribution in [2.24, 2.45) is 5.73 Å². The van der Waals surface area contributed by atoms with Crippen molar-refractivity contribution < 1.29 is 0 Å². The van der Waals surface area contributed by atoms with E-state index in [1.165, 1.54) is 6.33 Å². The molecule has 0 aliphatic rings. The number of thioether (sulfide) groups is 1. The Bertz CT molecular complexity index is 300. The van der Waals surface area contributed by atoms with Crippen molar-refractivity contribution in [3.63, 3.8) is 0 Å². The highest BCUT2D eigenvalue weighted by Gasteiger charge is 2.15. The largest absolute Gasteiger partial charge is 0.314 e. The molecule has 0 spiro atoms. The summed E-state index contributed by atoms with van der Waals surface area (Å²) in [7, 11) is 0. The van der Waals surface area contributed by atoms with Gasteiger partial charge in [0.2, 0.25) is 0 Å². The van der Waals surface area contributed by atoms with Gasteiger partial charge in [-0.05, 0) is 19.8 Å². The van der Waals surface area contributed by atoms with Gasteiger partial charge in [-0.3, -0.25) is 5.10 Å². The lowest BCUT2D eigenvalue weighted by atomic mass is 10.0. The molecule has 0 saturated heterocycles. The van der Waals surface area contributed by atoms with Crippen molar-refractivity contribution >= 4 is 11.8 Å². The van der Waals surface area contributed by atoms with Crippen LogP contribution in [0, 0.1) is 11.3 Å². The average molecular weight is 211 g/mol. The van der Waals surface area contributed by atoms with Gasteiger partial charge in [-0.2, -0.15) is 10.4 Å². The van der Waals surface area contributed by atoms with E-state index in [1.807, 2.05) is 0 Å². The summed E-state index contributed by atoms with van der Waals surface area (Å²) in [4.78, 5) is 3.97. The maximum Gasteiger partial charge on any atom is 0.183 e. The summed E-state index contributed by atoms with van der Waals surface area (Å²) < 4.78 is 0. The Morgan fingerprint density at radius 2 is 2.57 bits per heavy atom. The van der Waals surface area contributed by atoms with Gasteiger partial charge in [0.25, 0.3) is 0 Å².